The summed E-state index contributed by atoms with van der Waals surface area (Å²) in [6.07, 6.45) is 5.04. The van der Waals surface area contributed by atoms with Gasteiger partial charge in [-0.2, -0.15) is 0 Å². The summed E-state index contributed by atoms with van der Waals surface area (Å²) in [6, 6.07) is 0. The number of carbonyl (C=O) groups excluding carboxylic acids is 1. The minimum Gasteiger partial charge on any atom is -0.469 e. The highest BCUT2D eigenvalue weighted by atomic mass is 16.7. The van der Waals surface area contributed by atoms with Crippen LogP contribution in [0, 0.1) is 11.8 Å². The molecule has 4 heteroatoms. The molecule has 17 heavy (non-hydrogen) atoms. The predicted octanol–water partition coefficient (Wildman–Crippen LogP) is 1.88. The van der Waals surface area contributed by atoms with Crippen molar-refractivity contribution in [1.29, 1.82) is 0 Å². The van der Waals surface area contributed by atoms with E-state index in [1.807, 2.05) is 0 Å². The lowest BCUT2D eigenvalue weighted by Crippen LogP contribution is -2.22. The van der Waals surface area contributed by atoms with Gasteiger partial charge in [-0.25, -0.2) is 0 Å². The van der Waals surface area contributed by atoms with Crippen LogP contribution in [-0.4, -0.2) is 32.6 Å². The summed E-state index contributed by atoms with van der Waals surface area (Å²) in [5.74, 6) is 5.70. The normalized spacial score (nSPS) is 19.2. The van der Waals surface area contributed by atoms with E-state index in [9.17, 15) is 4.79 Å². The molecule has 0 bridgehead atoms. The standard InChI is InChI=1S/C13H20O4/c1-15-12(14)8-4-2-3-6-10-16-13-9-5-7-11-17-13/h13H,2,4-5,7-11H2,1H3. The van der Waals surface area contributed by atoms with Gasteiger partial charge in [-0.1, -0.05) is 5.92 Å². The largest absolute Gasteiger partial charge is 0.469 e. The molecule has 0 N–H and O–H groups in total. The summed E-state index contributed by atoms with van der Waals surface area (Å²) in [5, 5.41) is 0. The lowest BCUT2D eigenvalue weighted by Gasteiger charge is -2.21. The first-order valence-electron chi connectivity index (χ1n) is 6.08. The molecule has 0 spiro atoms. The third-order valence-electron chi connectivity index (χ3n) is 2.51. The second-order valence-electron chi connectivity index (χ2n) is 3.89. The van der Waals surface area contributed by atoms with Crippen LogP contribution in [0.4, 0.5) is 0 Å². The number of carbonyl (C=O) groups is 1. The number of esters is 1. The lowest BCUT2D eigenvalue weighted by atomic mass is 10.2. The minimum absolute atomic E-state index is 0.0758. The van der Waals surface area contributed by atoms with Gasteiger partial charge >= 0.3 is 5.97 Å². The third-order valence-corrected chi connectivity index (χ3v) is 2.51. The monoisotopic (exact) mass is 240 g/mol. The summed E-state index contributed by atoms with van der Waals surface area (Å²) in [5.41, 5.74) is 0. The van der Waals surface area contributed by atoms with Gasteiger partial charge < -0.3 is 14.2 Å². The number of methoxy groups -OCH3 is 1. The van der Waals surface area contributed by atoms with E-state index in [0.29, 0.717) is 19.4 Å². The van der Waals surface area contributed by atoms with E-state index in [-0.39, 0.29) is 12.3 Å². The Morgan fingerprint density at radius 1 is 1.41 bits per heavy atom. The molecule has 1 heterocycles. The average Bonchev–Trinajstić information content (AvgIpc) is 2.38. The van der Waals surface area contributed by atoms with Gasteiger partial charge in [0.25, 0.3) is 0 Å². The maximum Gasteiger partial charge on any atom is 0.305 e. The van der Waals surface area contributed by atoms with Gasteiger partial charge in [0, 0.05) is 19.4 Å². The van der Waals surface area contributed by atoms with Crippen molar-refractivity contribution in [3.8, 4) is 11.8 Å². The first kappa shape index (κ1) is 14.0. The summed E-state index contributed by atoms with van der Waals surface area (Å²) < 4.78 is 15.4. The molecule has 1 aliphatic rings. The highest BCUT2D eigenvalue weighted by molar-refractivity contribution is 5.69. The maximum atomic E-state index is 10.8. The van der Waals surface area contributed by atoms with Crippen LogP contribution in [0.3, 0.4) is 0 Å². The van der Waals surface area contributed by atoms with Crippen LogP contribution >= 0.6 is 0 Å². The first-order valence-corrected chi connectivity index (χ1v) is 6.08. The van der Waals surface area contributed by atoms with Gasteiger partial charge in [-0.3, -0.25) is 4.79 Å². The molecule has 1 fully saturated rings. The molecule has 0 radical (unpaired) electrons. The smallest absolute Gasteiger partial charge is 0.305 e. The average molecular weight is 240 g/mol. The second-order valence-corrected chi connectivity index (χ2v) is 3.89. The van der Waals surface area contributed by atoms with Crippen molar-refractivity contribution in [2.45, 2.75) is 44.8 Å². The molecular formula is C13H20O4. The van der Waals surface area contributed by atoms with Crippen LogP contribution in [0.1, 0.15) is 38.5 Å². The SMILES string of the molecule is COC(=O)CCCC#CCOC1CCCCO1. The Balaban J connectivity index is 1.96. The zero-order chi connectivity index (χ0) is 12.3. The third kappa shape index (κ3) is 6.98. The zero-order valence-electron chi connectivity index (χ0n) is 10.4. The lowest BCUT2D eigenvalue weighted by molar-refractivity contribution is -0.154. The highest BCUT2D eigenvalue weighted by Gasteiger charge is 2.12. The number of rotatable bonds is 5. The molecule has 1 aliphatic heterocycles. The van der Waals surface area contributed by atoms with Crippen molar-refractivity contribution in [1.82, 2.24) is 0 Å². The molecule has 1 saturated heterocycles. The van der Waals surface area contributed by atoms with Crippen LogP contribution in [0.2, 0.25) is 0 Å². The van der Waals surface area contributed by atoms with E-state index in [1.165, 1.54) is 7.11 Å². The maximum absolute atomic E-state index is 10.8. The molecule has 0 aliphatic carbocycles. The fourth-order valence-electron chi connectivity index (χ4n) is 1.54. The molecule has 1 atom stereocenters. The van der Waals surface area contributed by atoms with Crippen LogP contribution in [0.15, 0.2) is 0 Å². The summed E-state index contributed by atoms with van der Waals surface area (Å²) >= 11 is 0. The van der Waals surface area contributed by atoms with Crippen molar-refractivity contribution < 1.29 is 19.0 Å². The zero-order valence-corrected chi connectivity index (χ0v) is 10.4. The van der Waals surface area contributed by atoms with Gasteiger partial charge in [-0.05, 0) is 25.7 Å². The van der Waals surface area contributed by atoms with E-state index in [2.05, 4.69) is 16.6 Å². The Kier molecular flexibility index (Phi) is 7.44. The van der Waals surface area contributed by atoms with Crippen LogP contribution < -0.4 is 0 Å². The molecule has 0 aromatic rings. The Hall–Kier alpha value is -1.05. The molecule has 0 amide bonds. The van der Waals surface area contributed by atoms with Crippen molar-refractivity contribution in [3.63, 3.8) is 0 Å². The number of hydrogen-bond donors (Lipinski definition) is 0. The van der Waals surface area contributed by atoms with Gasteiger partial charge in [0.1, 0.15) is 6.61 Å². The number of unbranched alkanes of at least 4 members (excludes halogenated alkanes) is 1. The van der Waals surface area contributed by atoms with E-state index in [1.54, 1.807) is 0 Å². The van der Waals surface area contributed by atoms with Gasteiger partial charge in [0.15, 0.2) is 6.29 Å². The fraction of sp³-hybridized carbons (Fsp3) is 0.769. The summed E-state index contributed by atoms with van der Waals surface area (Å²) in [4.78, 5) is 10.8. The van der Waals surface area contributed by atoms with Gasteiger partial charge in [-0.15, -0.1) is 5.92 Å². The summed E-state index contributed by atoms with van der Waals surface area (Å²) in [6.45, 7) is 1.19. The van der Waals surface area contributed by atoms with E-state index in [4.69, 9.17) is 9.47 Å². The van der Waals surface area contributed by atoms with Crippen LogP contribution in [0.25, 0.3) is 0 Å². The molecule has 0 aromatic carbocycles. The molecule has 0 aromatic heterocycles. The van der Waals surface area contributed by atoms with Crippen LogP contribution in [0.5, 0.6) is 0 Å². The molecular weight excluding hydrogens is 220 g/mol. The van der Waals surface area contributed by atoms with Crippen molar-refractivity contribution in [3.05, 3.63) is 0 Å². The quantitative estimate of drug-likeness (QED) is 0.418. The number of hydrogen-bond acceptors (Lipinski definition) is 4. The van der Waals surface area contributed by atoms with Gasteiger partial charge in [0.2, 0.25) is 0 Å². The van der Waals surface area contributed by atoms with E-state index >= 15 is 0 Å². The Morgan fingerprint density at radius 2 is 2.29 bits per heavy atom. The summed E-state index contributed by atoms with van der Waals surface area (Å²) in [7, 11) is 1.39. The van der Waals surface area contributed by atoms with Crippen molar-refractivity contribution in [2.24, 2.45) is 0 Å². The minimum atomic E-state index is -0.182. The number of ether oxygens (including phenoxy) is 3. The van der Waals surface area contributed by atoms with Crippen molar-refractivity contribution in [2.75, 3.05) is 20.3 Å². The van der Waals surface area contributed by atoms with Gasteiger partial charge in [0.05, 0.1) is 7.11 Å². The Labute approximate surface area is 103 Å². The second kappa shape index (κ2) is 9.03. The van der Waals surface area contributed by atoms with E-state index in [0.717, 1.165) is 32.3 Å². The predicted molar refractivity (Wildman–Crippen MR) is 63.2 cm³/mol. The van der Waals surface area contributed by atoms with Crippen molar-refractivity contribution >= 4 is 5.97 Å². The Morgan fingerprint density at radius 3 is 3.00 bits per heavy atom. The topological polar surface area (TPSA) is 44.8 Å². The van der Waals surface area contributed by atoms with E-state index < -0.39 is 0 Å². The highest BCUT2D eigenvalue weighted by Crippen LogP contribution is 2.12. The molecule has 1 unspecified atom stereocenters. The molecule has 96 valence electrons. The molecule has 0 saturated carbocycles. The first-order chi connectivity index (χ1) is 8.33. The fourth-order valence-corrected chi connectivity index (χ4v) is 1.54. The Bertz CT molecular complexity index is 271. The van der Waals surface area contributed by atoms with Crippen LogP contribution in [-0.2, 0) is 19.0 Å². The molecule has 1 rings (SSSR count). The molecule has 4 nitrogen and oxygen atoms in total.